The Morgan fingerprint density at radius 1 is 1.22 bits per heavy atom. The highest BCUT2D eigenvalue weighted by Crippen LogP contribution is 2.39. The van der Waals surface area contributed by atoms with E-state index in [2.05, 4.69) is 37.2 Å². The molecule has 0 radical (unpaired) electrons. The fraction of sp³-hybridized carbons (Fsp3) is 0.158. The maximum absolute atomic E-state index is 13.8. The number of fused-ring (bicyclic) bond motifs is 3. The van der Waals surface area contributed by atoms with Gasteiger partial charge in [-0.3, -0.25) is 15.0 Å². The first-order valence-corrected chi connectivity index (χ1v) is 9.75. The quantitative estimate of drug-likeness (QED) is 0.595. The number of hydrogen-bond donors (Lipinski definition) is 1. The summed E-state index contributed by atoms with van der Waals surface area (Å²) in [6.45, 7) is 1.40. The lowest BCUT2D eigenvalue weighted by molar-refractivity contribution is 0.101. The third-order valence-corrected chi connectivity index (χ3v) is 5.82. The normalized spacial score (nSPS) is 13.6. The molecule has 0 aliphatic carbocycles. The number of aromatic nitrogens is 1. The molecule has 1 amide bonds. The molecule has 0 saturated carbocycles. The summed E-state index contributed by atoms with van der Waals surface area (Å²) in [5.41, 5.74) is 2.41. The van der Waals surface area contributed by atoms with Crippen LogP contribution in [0, 0.1) is 11.6 Å². The van der Waals surface area contributed by atoms with E-state index in [0.29, 0.717) is 11.7 Å². The van der Waals surface area contributed by atoms with Gasteiger partial charge in [0.15, 0.2) is 5.13 Å². The summed E-state index contributed by atoms with van der Waals surface area (Å²) in [7, 11) is 1.99. The molecule has 1 N–H and O–H groups in total. The van der Waals surface area contributed by atoms with E-state index in [1.54, 1.807) is 0 Å². The molecule has 0 bridgehead atoms. The zero-order chi connectivity index (χ0) is 19.1. The van der Waals surface area contributed by atoms with E-state index in [1.165, 1.54) is 17.4 Å². The van der Waals surface area contributed by atoms with Gasteiger partial charge in [0.1, 0.15) is 17.2 Å². The third kappa shape index (κ3) is 3.52. The number of carbonyl (C=O) groups is 1. The topological polar surface area (TPSA) is 45.2 Å². The molecule has 0 fully saturated rings. The maximum Gasteiger partial charge on any atom is 0.263 e. The Balaban J connectivity index is 1.72. The predicted molar refractivity (Wildman–Crippen MR) is 105 cm³/mol. The van der Waals surface area contributed by atoms with Crippen molar-refractivity contribution in [3.05, 3.63) is 69.3 Å². The van der Waals surface area contributed by atoms with Crippen molar-refractivity contribution in [2.24, 2.45) is 0 Å². The molecular formula is C19H14BrF2N3OS. The van der Waals surface area contributed by atoms with Gasteiger partial charge in [-0.05, 0) is 42.4 Å². The van der Waals surface area contributed by atoms with Crippen LogP contribution in [-0.2, 0) is 13.1 Å². The fourth-order valence-corrected chi connectivity index (χ4v) is 4.48. The molecule has 27 heavy (non-hydrogen) atoms. The van der Waals surface area contributed by atoms with Crippen LogP contribution in [0.4, 0.5) is 13.9 Å². The van der Waals surface area contributed by atoms with Gasteiger partial charge in [-0.15, -0.1) is 0 Å². The third-order valence-electron chi connectivity index (χ3n) is 4.28. The van der Waals surface area contributed by atoms with E-state index in [4.69, 9.17) is 0 Å². The number of benzene rings is 2. The van der Waals surface area contributed by atoms with Crippen LogP contribution < -0.4 is 5.32 Å². The van der Waals surface area contributed by atoms with Gasteiger partial charge >= 0.3 is 0 Å². The first-order valence-electron chi connectivity index (χ1n) is 8.15. The van der Waals surface area contributed by atoms with E-state index >= 15 is 0 Å². The second-order valence-corrected chi connectivity index (χ2v) is 8.23. The molecule has 8 heteroatoms. The zero-order valence-electron chi connectivity index (χ0n) is 14.2. The Kier molecular flexibility index (Phi) is 4.79. The lowest BCUT2D eigenvalue weighted by Crippen LogP contribution is -2.17. The Morgan fingerprint density at radius 2 is 1.96 bits per heavy atom. The summed E-state index contributed by atoms with van der Waals surface area (Å²) in [4.78, 5) is 19.9. The second-order valence-electron chi connectivity index (χ2n) is 6.32. The Labute approximate surface area is 167 Å². The predicted octanol–water partition coefficient (Wildman–Crippen LogP) is 5.05. The van der Waals surface area contributed by atoms with E-state index in [1.807, 2.05) is 19.2 Å². The smallest absolute Gasteiger partial charge is 0.263 e. The van der Waals surface area contributed by atoms with Crippen LogP contribution in [0.5, 0.6) is 0 Å². The van der Waals surface area contributed by atoms with Crippen molar-refractivity contribution >= 4 is 38.3 Å². The number of halogens is 3. The Bertz CT molecular complexity index is 1030. The molecule has 2 heterocycles. The van der Waals surface area contributed by atoms with Crippen molar-refractivity contribution in [3.63, 3.8) is 0 Å². The first kappa shape index (κ1) is 18.2. The fourth-order valence-electron chi connectivity index (χ4n) is 3.10. The first-order chi connectivity index (χ1) is 12.9. The lowest BCUT2D eigenvalue weighted by Gasteiger charge is -2.13. The average Bonchev–Trinajstić information content (AvgIpc) is 2.92. The number of nitrogens with zero attached hydrogens (tertiary/aromatic N) is 2. The summed E-state index contributed by atoms with van der Waals surface area (Å²) >= 11 is 4.80. The van der Waals surface area contributed by atoms with Gasteiger partial charge < -0.3 is 0 Å². The standard InChI is InChI=1S/C19H14BrF2N3OS/c1-25-8-10-5-6-11(20)7-12(10)17-15(9-25)23-19(27-17)24-18(26)16-13(21)3-2-4-14(16)22/h2-7H,8-9H2,1H3,(H,23,24,26). The van der Waals surface area contributed by atoms with Crippen molar-refractivity contribution in [2.45, 2.75) is 13.1 Å². The van der Waals surface area contributed by atoms with Crippen LogP contribution in [0.3, 0.4) is 0 Å². The molecule has 2 aromatic carbocycles. The number of carbonyl (C=O) groups excluding carboxylic acids is 1. The molecule has 1 aliphatic heterocycles. The molecule has 0 spiro atoms. The summed E-state index contributed by atoms with van der Waals surface area (Å²) in [5, 5.41) is 2.85. The van der Waals surface area contributed by atoms with Gasteiger partial charge in [-0.25, -0.2) is 13.8 Å². The van der Waals surface area contributed by atoms with Crippen molar-refractivity contribution < 1.29 is 13.6 Å². The molecule has 4 nitrogen and oxygen atoms in total. The summed E-state index contributed by atoms with van der Waals surface area (Å²) in [6, 6.07) is 9.39. The second kappa shape index (κ2) is 7.10. The number of rotatable bonds is 2. The summed E-state index contributed by atoms with van der Waals surface area (Å²) in [5.74, 6) is -2.66. The molecule has 1 aliphatic rings. The molecule has 0 atom stereocenters. The van der Waals surface area contributed by atoms with Gasteiger partial charge in [-0.1, -0.05) is 39.4 Å². The van der Waals surface area contributed by atoms with Crippen LogP contribution >= 0.6 is 27.3 Å². The van der Waals surface area contributed by atoms with E-state index in [9.17, 15) is 13.6 Å². The number of anilines is 1. The highest BCUT2D eigenvalue weighted by Gasteiger charge is 2.24. The van der Waals surface area contributed by atoms with Gasteiger partial charge in [0.25, 0.3) is 5.91 Å². The maximum atomic E-state index is 13.8. The van der Waals surface area contributed by atoms with Gasteiger partial charge in [0.2, 0.25) is 0 Å². The van der Waals surface area contributed by atoms with Gasteiger partial charge in [-0.2, -0.15) is 0 Å². The highest BCUT2D eigenvalue weighted by molar-refractivity contribution is 9.10. The minimum Gasteiger partial charge on any atom is -0.298 e. The van der Waals surface area contributed by atoms with E-state index in [-0.39, 0.29) is 0 Å². The molecular weight excluding hydrogens is 436 g/mol. The zero-order valence-corrected chi connectivity index (χ0v) is 16.6. The average molecular weight is 450 g/mol. The van der Waals surface area contributed by atoms with Crippen LogP contribution in [0.1, 0.15) is 21.6 Å². The van der Waals surface area contributed by atoms with Crippen LogP contribution in [0.2, 0.25) is 0 Å². The molecule has 0 saturated heterocycles. The molecule has 3 aromatic rings. The SMILES string of the molecule is CN1Cc2ccc(Br)cc2-c2sc(NC(=O)c3c(F)cccc3F)nc2C1. The number of nitrogens with one attached hydrogen (secondary N) is 1. The van der Waals surface area contributed by atoms with Crippen molar-refractivity contribution in [3.8, 4) is 10.4 Å². The van der Waals surface area contributed by atoms with E-state index in [0.717, 1.165) is 44.8 Å². The van der Waals surface area contributed by atoms with Gasteiger partial charge in [0, 0.05) is 17.6 Å². The Hall–Kier alpha value is -2.16. The molecule has 138 valence electrons. The number of amides is 1. The lowest BCUT2D eigenvalue weighted by atomic mass is 10.1. The van der Waals surface area contributed by atoms with Crippen molar-refractivity contribution in [2.75, 3.05) is 12.4 Å². The van der Waals surface area contributed by atoms with E-state index < -0.39 is 23.1 Å². The van der Waals surface area contributed by atoms with Crippen LogP contribution in [0.25, 0.3) is 10.4 Å². The minimum atomic E-state index is -0.903. The van der Waals surface area contributed by atoms with Crippen molar-refractivity contribution in [1.82, 2.24) is 9.88 Å². The van der Waals surface area contributed by atoms with Crippen LogP contribution in [-0.4, -0.2) is 22.8 Å². The van der Waals surface area contributed by atoms with Crippen molar-refractivity contribution in [1.29, 1.82) is 0 Å². The molecule has 4 rings (SSSR count). The minimum absolute atomic E-state index is 0.314. The monoisotopic (exact) mass is 449 g/mol. The Morgan fingerprint density at radius 3 is 2.70 bits per heavy atom. The molecule has 0 unspecified atom stereocenters. The highest BCUT2D eigenvalue weighted by atomic mass is 79.9. The summed E-state index contributed by atoms with van der Waals surface area (Å²) in [6.07, 6.45) is 0. The number of thiazole rings is 1. The van der Waals surface area contributed by atoms with Gasteiger partial charge in [0.05, 0.1) is 10.6 Å². The largest absolute Gasteiger partial charge is 0.298 e. The van der Waals surface area contributed by atoms with Crippen LogP contribution in [0.15, 0.2) is 40.9 Å². The summed E-state index contributed by atoms with van der Waals surface area (Å²) < 4.78 is 28.6. The molecule has 1 aromatic heterocycles. The number of hydrogen-bond acceptors (Lipinski definition) is 4.